The number of rotatable bonds is 3. The first-order valence-electron chi connectivity index (χ1n) is 5.42. The lowest BCUT2D eigenvalue weighted by Crippen LogP contribution is -2.07. The molecule has 0 bridgehead atoms. The number of carbonyl (C=O) groups excluding carboxylic acids is 1. The lowest BCUT2D eigenvalue weighted by atomic mass is 10.2. The van der Waals surface area contributed by atoms with Gasteiger partial charge in [-0.1, -0.05) is 22.8 Å². The highest BCUT2D eigenvalue weighted by Crippen LogP contribution is 2.20. The first-order chi connectivity index (χ1) is 9.06. The summed E-state index contributed by atoms with van der Waals surface area (Å²) >= 11 is 5.83. The van der Waals surface area contributed by atoms with Crippen molar-refractivity contribution in [3.8, 4) is 0 Å². The predicted octanol–water partition coefficient (Wildman–Crippen LogP) is 3.43. The van der Waals surface area contributed by atoms with Crippen molar-refractivity contribution >= 4 is 29.4 Å². The molecule has 0 aliphatic carbocycles. The SMILES string of the molecule is Cc1cc(NC(=O)/C=C/c2c(F)cccc2Cl)no1. The Hall–Kier alpha value is -2.14. The summed E-state index contributed by atoms with van der Waals surface area (Å²) in [7, 11) is 0. The van der Waals surface area contributed by atoms with Crippen LogP contribution in [0.2, 0.25) is 5.02 Å². The molecule has 0 aliphatic heterocycles. The van der Waals surface area contributed by atoms with Gasteiger partial charge in [0.15, 0.2) is 5.82 Å². The summed E-state index contributed by atoms with van der Waals surface area (Å²) in [5.41, 5.74) is 0.163. The van der Waals surface area contributed by atoms with Crippen LogP contribution < -0.4 is 5.32 Å². The first kappa shape index (κ1) is 13.3. The van der Waals surface area contributed by atoms with Gasteiger partial charge in [0.05, 0.1) is 5.02 Å². The number of nitrogens with one attached hydrogen (secondary N) is 1. The van der Waals surface area contributed by atoms with Crippen LogP contribution in [0.4, 0.5) is 10.2 Å². The van der Waals surface area contributed by atoms with Crippen molar-refractivity contribution in [1.29, 1.82) is 0 Å². The minimum absolute atomic E-state index is 0.163. The zero-order valence-electron chi connectivity index (χ0n) is 9.98. The van der Waals surface area contributed by atoms with Crippen LogP contribution in [-0.4, -0.2) is 11.1 Å². The van der Waals surface area contributed by atoms with Crippen LogP contribution in [-0.2, 0) is 4.79 Å². The lowest BCUT2D eigenvalue weighted by Gasteiger charge is -1.99. The molecule has 2 rings (SSSR count). The van der Waals surface area contributed by atoms with Crippen LogP contribution in [0.25, 0.3) is 6.08 Å². The third-order valence-corrected chi connectivity index (χ3v) is 2.61. The van der Waals surface area contributed by atoms with Gasteiger partial charge >= 0.3 is 0 Å². The minimum Gasteiger partial charge on any atom is -0.360 e. The van der Waals surface area contributed by atoms with Crippen LogP contribution in [0.1, 0.15) is 11.3 Å². The molecule has 1 heterocycles. The number of aryl methyl sites for hydroxylation is 1. The fourth-order valence-corrected chi connectivity index (χ4v) is 1.65. The number of benzene rings is 1. The van der Waals surface area contributed by atoms with E-state index in [-0.39, 0.29) is 10.6 Å². The summed E-state index contributed by atoms with van der Waals surface area (Å²) in [6, 6.07) is 5.88. The van der Waals surface area contributed by atoms with Crippen molar-refractivity contribution in [3.05, 3.63) is 52.5 Å². The largest absolute Gasteiger partial charge is 0.360 e. The van der Waals surface area contributed by atoms with Crippen molar-refractivity contribution in [1.82, 2.24) is 5.16 Å². The molecule has 1 N–H and O–H groups in total. The van der Waals surface area contributed by atoms with Crippen molar-refractivity contribution in [2.24, 2.45) is 0 Å². The van der Waals surface area contributed by atoms with Gasteiger partial charge in [0.25, 0.3) is 0 Å². The summed E-state index contributed by atoms with van der Waals surface area (Å²) < 4.78 is 18.2. The third-order valence-electron chi connectivity index (χ3n) is 2.28. The first-order valence-corrected chi connectivity index (χ1v) is 5.80. The Bertz CT molecular complexity index is 617. The number of hydrogen-bond donors (Lipinski definition) is 1. The number of halogens is 2. The highest BCUT2D eigenvalue weighted by Gasteiger charge is 2.05. The maximum Gasteiger partial charge on any atom is 0.249 e. The van der Waals surface area contributed by atoms with Crippen LogP contribution in [0.15, 0.2) is 34.9 Å². The van der Waals surface area contributed by atoms with Gasteiger partial charge in [-0.05, 0) is 25.1 Å². The van der Waals surface area contributed by atoms with Crippen molar-refractivity contribution in [3.63, 3.8) is 0 Å². The van der Waals surface area contributed by atoms with Gasteiger partial charge < -0.3 is 9.84 Å². The maximum atomic E-state index is 13.4. The zero-order valence-corrected chi connectivity index (χ0v) is 10.7. The van der Waals surface area contributed by atoms with Gasteiger partial charge in [-0.15, -0.1) is 0 Å². The van der Waals surface area contributed by atoms with Crippen LogP contribution in [0.3, 0.4) is 0 Å². The molecule has 19 heavy (non-hydrogen) atoms. The van der Waals surface area contributed by atoms with E-state index < -0.39 is 11.7 Å². The zero-order chi connectivity index (χ0) is 13.8. The summed E-state index contributed by atoms with van der Waals surface area (Å²) in [6.45, 7) is 1.71. The molecule has 2 aromatic rings. The Balaban J connectivity index is 2.08. The van der Waals surface area contributed by atoms with E-state index in [4.69, 9.17) is 16.1 Å². The number of aromatic nitrogens is 1. The number of amides is 1. The Morgan fingerprint density at radius 1 is 1.53 bits per heavy atom. The lowest BCUT2D eigenvalue weighted by molar-refractivity contribution is -0.111. The van der Waals surface area contributed by atoms with Crippen molar-refractivity contribution in [2.75, 3.05) is 5.32 Å². The average molecular weight is 281 g/mol. The molecule has 0 fully saturated rings. The molecule has 0 unspecified atom stereocenters. The summed E-state index contributed by atoms with van der Waals surface area (Å²) in [5, 5.41) is 6.32. The van der Waals surface area contributed by atoms with Gasteiger partial charge in [0, 0.05) is 17.7 Å². The number of carbonyl (C=O) groups is 1. The third kappa shape index (κ3) is 3.42. The molecule has 0 saturated heterocycles. The maximum absolute atomic E-state index is 13.4. The smallest absolute Gasteiger partial charge is 0.249 e. The van der Waals surface area contributed by atoms with E-state index in [0.29, 0.717) is 11.6 Å². The van der Waals surface area contributed by atoms with E-state index in [1.165, 1.54) is 24.3 Å². The van der Waals surface area contributed by atoms with E-state index in [9.17, 15) is 9.18 Å². The van der Waals surface area contributed by atoms with Gasteiger partial charge in [0.2, 0.25) is 5.91 Å². The molecular formula is C13H10ClFN2O2. The fourth-order valence-electron chi connectivity index (χ4n) is 1.42. The highest BCUT2D eigenvalue weighted by atomic mass is 35.5. The predicted molar refractivity (Wildman–Crippen MR) is 70.3 cm³/mol. The van der Waals surface area contributed by atoms with E-state index in [1.54, 1.807) is 19.1 Å². The Labute approximate surface area is 113 Å². The molecule has 0 atom stereocenters. The van der Waals surface area contributed by atoms with Crippen molar-refractivity contribution < 1.29 is 13.7 Å². The van der Waals surface area contributed by atoms with E-state index in [0.717, 1.165) is 0 Å². The summed E-state index contributed by atoms with van der Waals surface area (Å²) in [5.74, 6) is -0.0651. The van der Waals surface area contributed by atoms with Crippen LogP contribution in [0, 0.1) is 12.7 Å². The molecule has 0 radical (unpaired) electrons. The normalized spacial score (nSPS) is 10.9. The molecule has 1 amide bonds. The van der Waals surface area contributed by atoms with Gasteiger partial charge in [0.1, 0.15) is 11.6 Å². The molecule has 1 aromatic carbocycles. The van der Waals surface area contributed by atoms with E-state index in [2.05, 4.69) is 10.5 Å². The molecule has 0 spiro atoms. The minimum atomic E-state index is -0.492. The molecular weight excluding hydrogens is 271 g/mol. The van der Waals surface area contributed by atoms with E-state index in [1.807, 2.05) is 0 Å². The van der Waals surface area contributed by atoms with E-state index >= 15 is 0 Å². The Morgan fingerprint density at radius 2 is 2.32 bits per heavy atom. The number of nitrogens with zero attached hydrogens (tertiary/aromatic N) is 1. The highest BCUT2D eigenvalue weighted by molar-refractivity contribution is 6.32. The summed E-state index contributed by atoms with van der Waals surface area (Å²) in [4.78, 5) is 11.6. The average Bonchev–Trinajstić information content (AvgIpc) is 2.74. The topological polar surface area (TPSA) is 55.1 Å². The number of anilines is 1. The van der Waals surface area contributed by atoms with Gasteiger partial charge in [-0.25, -0.2) is 4.39 Å². The second-order valence-corrected chi connectivity index (χ2v) is 4.19. The van der Waals surface area contributed by atoms with Crippen LogP contribution >= 0.6 is 11.6 Å². The standard InChI is InChI=1S/C13H10ClFN2O2/c1-8-7-12(17-19-8)16-13(18)6-5-9-10(14)3-2-4-11(9)15/h2-7H,1H3,(H,16,17,18)/b6-5+. The summed E-state index contributed by atoms with van der Waals surface area (Å²) in [6.07, 6.45) is 2.48. The fraction of sp³-hybridized carbons (Fsp3) is 0.0769. The van der Waals surface area contributed by atoms with Gasteiger partial charge in [-0.2, -0.15) is 0 Å². The number of hydrogen-bond acceptors (Lipinski definition) is 3. The second kappa shape index (κ2) is 5.67. The molecule has 0 aliphatic rings. The molecule has 98 valence electrons. The molecule has 4 nitrogen and oxygen atoms in total. The monoisotopic (exact) mass is 280 g/mol. The van der Waals surface area contributed by atoms with Crippen molar-refractivity contribution in [2.45, 2.75) is 6.92 Å². The quantitative estimate of drug-likeness (QED) is 0.877. The van der Waals surface area contributed by atoms with Crippen LogP contribution in [0.5, 0.6) is 0 Å². The molecule has 1 aromatic heterocycles. The second-order valence-electron chi connectivity index (χ2n) is 3.78. The Morgan fingerprint density at radius 3 is 2.95 bits per heavy atom. The molecule has 0 saturated carbocycles. The van der Waals surface area contributed by atoms with Gasteiger partial charge in [-0.3, -0.25) is 4.79 Å². The molecule has 6 heteroatoms. The Kier molecular flexibility index (Phi) is 3.97.